The number of rotatable bonds is 3. The van der Waals surface area contributed by atoms with E-state index in [9.17, 15) is 4.39 Å². The Hall–Kier alpha value is -2.88. The predicted octanol–water partition coefficient (Wildman–Crippen LogP) is 4.26. The molecule has 0 saturated heterocycles. The van der Waals surface area contributed by atoms with Gasteiger partial charge >= 0.3 is 0 Å². The van der Waals surface area contributed by atoms with Gasteiger partial charge in [0.25, 0.3) is 0 Å². The van der Waals surface area contributed by atoms with Crippen molar-refractivity contribution in [2.75, 3.05) is 5.73 Å². The molecule has 0 spiro atoms. The van der Waals surface area contributed by atoms with Crippen molar-refractivity contribution in [2.45, 2.75) is 0 Å². The van der Waals surface area contributed by atoms with Crippen LogP contribution in [0.4, 0.5) is 10.1 Å². The number of ether oxygens (including phenoxy) is 1. The molecule has 0 saturated carbocycles. The van der Waals surface area contributed by atoms with E-state index in [0.717, 1.165) is 11.1 Å². The topological polar surface area (TPSA) is 48.1 Å². The van der Waals surface area contributed by atoms with Crippen molar-refractivity contribution in [3.8, 4) is 22.6 Å². The van der Waals surface area contributed by atoms with E-state index < -0.39 is 5.82 Å². The molecule has 1 heterocycles. The van der Waals surface area contributed by atoms with Gasteiger partial charge in [0.2, 0.25) is 0 Å². The lowest BCUT2D eigenvalue weighted by molar-refractivity contribution is 0.442. The van der Waals surface area contributed by atoms with Gasteiger partial charge in [-0.2, -0.15) is 0 Å². The van der Waals surface area contributed by atoms with Crippen LogP contribution in [0.1, 0.15) is 0 Å². The van der Waals surface area contributed by atoms with Crippen molar-refractivity contribution in [1.29, 1.82) is 0 Å². The maximum absolute atomic E-state index is 13.7. The Balaban J connectivity index is 1.81. The molecule has 0 aliphatic carbocycles. The van der Waals surface area contributed by atoms with Crippen molar-refractivity contribution < 1.29 is 9.13 Å². The number of nitrogen functional groups attached to an aromatic ring is 1. The molecule has 21 heavy (non-hydrogen) atoms. The molecule has 0 unspecified atom stereocenters. The van der Waals surface area contributed by atoms with Crippen LogP contribution in [0.2, 0.25) is 0 Å². The van der Waals surface area contributed by atoms with Crippen LogP contribution in [0.5, 0.6) is 11.5 Å². The summed E-state index contributed by atoms with van der Waals surface area (Å²) in [5, 5.41) is 0. The first-order valence-corrected chi connectivity index (χ1v) is 6.46. The number of pyridine rings is 1. The van der Waals surface area contributed by atoms with Gasteiger partial charge in [-0.1, -0.05) is 12.1 Å². The Bertz CT molecular complexity index is 742. The number of anilines is 1. The summed E-state index contributed by atoms with van der Waals surface area (Å²) in [4.78, 5) is 3.98. The van der Waals surface area contributed by atoms with Gasteiger partial charge in [-0.15, -0.1) is 0 Å². The van der Waals surface area contributed by atoms with E-state index in [-0.39, 0.29) is 5.75 Å². The summed E-state index contributed by atoms with van der Waals surface area (Å²) >= 11 is 0. The molecule has 0 fully saturated rings. The first-order chi connectivity index (χ1) is 10.2. The molecule has 0 aliphatic heterocycles. The summed E-state index contributed by atoms with van der Waals surface area (Å²) < 4.78 is 19.2. The maximum atomic E-state index is 13.7. The zero-order chi connectivity index (χ0) is 14.7. The van der Waals surface area contributed by atoms with Gasteiger partial charge in [-0.25, -0.2) is 4.39 Å². The lowest BCUT2D eigenvalue weighted by atomic mass is 10.1. The first kappa shape index (κ1) is 13.1. The summed E-state index contributed by atoms with van der Waals surface area (Å²) in [6.07, 6.45) is 3.48. The van der Waals surface area contributed by atoms with Crippen molar-refractivity contribution in [3.05, 3.63) is 72.8 Å². The molecule has 2 aromatic carbocycles. The van der Waals surface area contributed by atoms with Gasteiger partial charge in [0.1, 0.15) is 5.75 Å². The fourth-order valence-electron chi connectivity index (χ4n) is 1.99. The third kappa shape index (κ3) is 3.00. The second-order valence-electron chi connectivity index (χ2n) is 4.55. The highest BCUT2D eigenvalue weighted by atomic mass is 19.1. The highest BCUT2D eigenvalue weighted by molar-refractivity contribution is 5.63. The number of benzene rings is 2. The van der Waals surface area contributed by atoms with E-state index in [0.29, 0.717) is 11.4 Å². The SMILES string of the molecule is Nc1ccc(Oc2ccc(-c3ccncc3)cc2)c(F)c1. The zero-order valence-electron chi connectivity index (χ0n) is 11.2. The third-order valence-electron chi connectivity index (χ3n) is 3.05. The van der Waals surface area contributed by atoms with Gasteiger partial charge in [0.05, 0.1) is 0 Å². The van der Waals surface area contributed by atoms with E-state index in [1.807, 2.05) is 24.3 Å². The van der Waals surface area contributed by atoms with Crippen molar-refractivity contribution in [2.24, 2.45) is 0 Å². The molecule has 0 atom stereocenters. The van der Waals surface area contributed by atoms with Crippen molar-refractivity contribution >= 4 is 5.69 Å². The molecule has 0 radical (unpaired) electrons. The number of nitrogens with two attached hydrogens (primary N) is 1. The average Bonchev–Trinajstić information content (AvgIpc) is 2.52. The third-order valence-corrected chi connectivity index (χ3v) is 3.05. The van der Waals surface area contributed by atoms with Gasteiger partial charge in [0, 0.05) is 24.1 Å². The molecule has 3 nitrogen and oxygen atoms in total. The normalized spacial score (nSPS) is 10.3. The molecule has 3 rings (SSSR count). The highest BCUT2D eigenvalue weighted by Crippen LogP contribution is 2.28. The summed E-state index contributed by atoms with van der Waals surface area (Å²) in [5.74, 6) is 0.241. The number of hydrogen-bond acceptors (Lipinski definition) is 3. The lowest BCUT2D eigenvalue weighted by Gasteiger charge is -2.08. The van der Waals surface area contributed by atoms with E-state index in [2.05, 4.69) is 4.98 Å². The molecule has 0 bridgehead atoms. The van der Waals surface area contributed by atoms with Crippen molar-refractivity contribution in [1.82, 2.24) is 4.98 Å². The zero-order valence-corrected chi connectivity index (χ0v) is 11.2. The minimum atomic E-state index is -0.479. The van der Waals surface area contributed by atoms with Crippen LogP contribution in [-0.4, -0.2) is 4.98 Å². The second-order valence-corrected chi connectivity index (χ2v) is 4.55. The Kier molecular flexibility index (Phi) is 3.51. The Morgan fingerprint density at radius 1 is 0.857 bits per heavy atom. The van der Waals surface area contributed by atoms with E-state index in [4.69, 9.17) is 10.5 Å². The monoisotopic (exact) mass is 280 g/mol. The van der Waals surface area contributed by atoms with Crippen LogP contribution >= 0.6 is 0 Å². The number of nitrogens with zero attached hydrogens (tertiary/aromatic N) is 1. The molecule has 104 valence electrons. The molecule has 1 aromatic heterocycles. The van der Waals surface area contributed by atoms with Crippen LogP contribution in [0, 0.1) is 5.82 Å². The van der Waals surface area contributed by atoms with Crippen LogP contribution in [0.3, 0.4) is 0 Å². The maximum Gasteiger partial charge on any atom is 0.167 e. The first-order valence-electron chi connectivity index (χ1n) is 6.46. The molecule has 2 N–H and O–H groups in total. The van der Waals surface area contributed by atoms with Crippen molar-refractivity contribution in [3.63, 3.8) is 0 Å². The van der Waals surface area contributed by atoms with Crippen LogP contribution < -0.4 is 10.5 Å². The Labute approximate surface area is 121 Å². The summed E-state index contributed by atoms with van der Waals surface area (Å²) in [7, 11) is 0. The lowest BCUT2D eigenvalue weighted by Crippen LogP contribution is -1.91. The molecule has 3 aromatic rings. The molecule has 0 amide bonds. The quantitative estimate of drug-likeness (QED) is 0.729. The number of halogens is 1. The van der Waals surface area contributed by atoms with Crippen LogP contribution in [0.15, 0.2) is 67.0 Å². The van der Waals surface area contributed by atoms with Crippen LogP contribution in [0.25, 0.3) is 11.1 Å². The molecular weight excluding hydrogens is 267 g/mol. The van der Waals surface area contributed by atoms with E-state index >= 15 is 0 Å². The van der Waals surface area contributed by atoms with Gasteiger partial charge in [0.15, 0.2) is 11.6 Å². The smallest absolute Gasteiger partial charge is 0.167 e. The largest absolute Gasteiger partial charge is 0.454 e. The fourth-order valence-corrected chi connectivity index (χ4v) is 1.99. The molecule has 4 heteroatoms. The van der Waals surface area contributed by atoms with Crippen LogP contribution in [-0.2, 0) is 0 Å². The van der Waals surface area contributed by atoms with Gasteiger partial charge < -0.3 is 10.5 Å². The molecule has 0 aliphatic rings. The standard InChI is InChI=1S/C17H13FN2O/c18-16-11-14(19)3-6-17(16)21-15-4-1-12(2-5-15)13-7-9-20-10-8-13/h1-11H,19H2. The highest BCUT2D eigenvalue weighted by Gasteiger charge is 2.05. The Morgan fingerprint density at radius 2 is 1.52 bits per heavy atom. The molecular formula is C17H13FN2O. The minimum absolute atomic E-state index is 0.154. The number of aromatic nitrogens is 1. The summed E-state index contributed by atoms with van der Waals surface area (Å²) in [5.41, 5.74) is 7.98. The average molecular weight is 280 g/mol. The minimum Gasteiger partial charge on any atom is -0.454 e. The number of hydrogen-bond donors (Lipinski definition) is 1. The summed E-state index contributed by atoms with van der Waals surface area (Å²) in [6.45, 7) is 0. The van der Waals surface area contributed by atoms with Gasteiger partial charge in [-0.3, -0.25) is 4.98 Å². The predicted molar refractivity (Wildman–Crippen MR) is 80.6 cm³/mol. The van der Waals surface area contributed by atoms with Gasteiger partial charge in [-0.05, 0) is 47.5 Å². The summed E-state index contributed by atoms with van der Waals surface area (Å²) in [6, 6.07) is 15.6. The van der Waals surface area contributed by atoms with E-state index in [1.54, 1.807) is 30.6 Å². The fraction of sp³-hybridized carbons (Fsp3) is 0. The van der Waals surface area contributed by atoms with E-state index in [1.165, 1.54) is 12.1 Å². The Morgan fingerprint density at radius 3 is 2.19 bits per heavy atom. The second kappa shape index (κ2) is 5.63.